The van der Waals surface area contributed by atoms with Crippen molar-refractivity contribution in [2.24, 2.45) is 5.73 Å². The number of carbonyl (C=O) groups is 1. The van der Waals surface area contributed by atoms with Gasteiger partial charge in [0.25, 0.3) is 0 Å². The Balaban J connectivity index is 1.16. The summed E-state index contributed by atoms with van der Waals surface area (Å²) >= 11 is 0. The minimum absolute atomic E-state index is 0.140. The number of amides is 1. The molecule has 0 bridgehead atoms. The second-order valence-corrected chi connectivity index (χ2v) is 8.76. The summed E-state index contributed by atoms with van der Waals surface area (Å²) in [6.45, 7) is 5.83. The van der Waals surface area contributed by atoms with Crippen LogP contribution in [0.2, 0.25) is 0 Å². The molecule has 8 nitrogen and oxygen atoms in total. The molecule has 4 aromatic rings. The van der Waals surface area contributed by atoms with Gasteiger partial charge in [-0.25, -0.2) is 4.98 Å². The number of aromatic nitrogens is 2. The smallest absolute Gasteiger partial charge is 0.248 e. The number of nitrogens with zero attached hydrogens (tertiary/aromatic N) is 4. The van der Waals surface area contributed by atoms with Crippen LogP contribution in [0.1, 0.15) is 16.1 Å². The average Bonchev–Trinajstić information content (AvgIpc) is 2.87. The molecule has 2 aliphatic heterocycles. The predicted octanol–water partition coefficient (Wildman–Crippen LogP) is 3.11. The number of fused-ring (bicyclic) bond motifs is 4. The fourth-order valence-corrected chi connectivity index (χ4v) is 4.69. The van der Waals surface area contributed by atoms with Crippen molar-refractivity contribution >= 4 is 33.5 Å². The third-order valence-electron chi connectivity index (χ3n) is 6.56. The zero-order valence-corrected chi connectivity index (χ0v) is 18.9. The standard InChI is InChI=1S/C26H25N5O3/c1-16-2-5-19-21(28-16)7-8-22-25(19)34-24(15-33-22)31-12-10-30(11-13-31)23-9-4-17-14-18(26(27)32)3-6-20(17)29-23/h2-9,14,24H,10-13,15H2,1H3,(H2,27,32)/t24-/m0/s1. The third-order valence-corrected chi connectivity index (χ3v) is 6.56. The number of benzene rings is 2. The summed E-state index contributed by atoms with van der Waals surface area (Å²) < 4.78 is 12.5. The van der Waals surface area contributed by atoms with Gasteiger partial charge < -0.3 is 20.1 Å². The molecule has 2 N–H and O–H groups in total. The van der Waals surface area contributed by atoms with Gasteiger partial charge in [-0.15, -0.1) is 0 Å². The van der Waals surface area contributed by atoms with Crippen molar-refractivity contribution < 1.29 is 14.3 Å². The van der Waals surface area contributed by atoms with Crippen LogP contribution in [0, 0.1) is 6.92 Å². The normalized spacial score (nSPS) is 18.4. The molecular formula is C26H25N5O3. The van der Waals surface area contributed by atoms with E-state index in [9.17, 15) is 4.79 Å². The van der Waals surface area contributed by atoms with E-state index in [1.165, 1.54) is 0 Å². The molecule has 0 aliphatic carbocycles. The first-order valence-electron chi connectivity index (χ1n) is 11.4. The average molecular weight is 456 g/mol. The first-order chi connectivity index (χ1) is 16.5. The van der Waals surface area contributed by atoms with Gasteiger partial charge in [0.2, 0.25) is 5.91 Å². The molecule has 1 amide bonds. The Kier molecular flexibility index (Phi) is 4.95. The van der Waals surface area contributed by atoms with E-state index in [0.717, 1.165) is 71.0 Å². The summed E-state index contributed by atoms with van der Waals surface area (Å²) in [5.41, 5.74) is 8.63. The lowest BCUT2D eigenvalue weighted by Gasteiger charge is -2.41. The van der Waals surface area contributed by atoms with Crippen LogP contribution >= 0.6 is 0 Å². The van der Waals surface area contributed by atoms with Gasteiger partial charge in [-0.3, -0.25) is 14.7 Å². The Morgan fingerprint density at radius 2 is 1.79 bits per heavy atom. The third kappa shape index (κ3) is 3.66. The number of hydrogen-bond acceptors (Lipinski definition) is 7. The van der Waals surface area contributed by atoms with Crippen molar-refractivity contribution in [3.05, 3.63) is 65.9 Å². The van der Waals surface area contributed by atoms with Crippen molar-refractivity contribution in [1.82, 2.24) is 14.9 Å². The molecule has 2 aliphatic rings. The van der Waals surface area contributed by atoms with Gasteiger partial charge in [0.15, 0.2) is 17.7 Å². The highest BCUT2D eigenvalue weighted by Gasteiger charge is 2.31. The van der Waals surface area contributed by atoms with Crippen LogP contribution in [0.25, 0.3) is 21.8 Å². The Labute approximate surface area is 196 Å². The zero-order chi connectivity index (χ0) is 23.2. The van der Waals surface area contributed by atoms with Crippen molar-refractivity contribution in [1.29, 1.82) is 0 Å². The largest absolute Gasteiger partial charge is 0.484 e. The second kappa shape index (κ2) is 8.14. The van der Waals surface area contributed by atoms with Gasteiger partial charge in [0, 0.05) is 48.2 Å². The molecule has 0 spiro atoms. The summed E-state index contributed by atoms with van der Waals surface area (Å²) in [5, 5.41) is 1.88. The topological polar surface area (TPSA) is 93.8 Å². The predicted molar refractivity (Wildman–Crippen MR) is 130 cm³/mol. The molecule has 2 aromatic carbocycles. The van der Waals surface area contributed by atoms with E-state index in [1.807, 2.05) is 43.3 Å². The minimum atomic E-state index is -0.432. The monoisotopic (exact) mass is 455 g/mol. The fraction of sp³-hybridized carbons (Fsp3) is 0.269. The van der Waals surface area contributed by atoms with E-state index in [-0.39, 0.29) is 6.23 Å². The van der Waals surface area contributed by atoms with Crippen LogP contribution in [0.3, 0.4) is 0 Å². The number of primary amides is 1. The van der Waals surface area contributed by atoms with Gasteiger partial charge in [-0.1, -0.05) is 0 Å². The molecule has 0 unspecified atom stereocenters. The number of carbonyl (C=O) groups excluding carboxylic acids is 1. The first kappa shape index (κ1) is 20.7. The Morgan fingerprint density at radius 1 is 0.971 bits per heavy atom. The van der Waals surface area contributed by atoms with Crippen LogP contribution in [0.15, 0.2) is 54.6 Å². The zero-order valence-electron chi connectivity index (χ0n) is 18.9. The highest BCUT2D eigenvalue weighted by atomic mass is 16.6. The lowest BCUT2D eigenvalue weighted by Crippen LogP contribution is -2.54. The summed E-state index contributed by atoms with van der Waals surface area (Å²) in [6.07, 6.45) is -0.140. The van der Waals surface area contributed by atoms with Crippen molar-refractivity contribution in [2.75, 3.05) is 37.7 Å². The molecule has 2 aromatic heterocycles. The Morgan fingerprint density at radius 3 is 2.62 bits per heavy atom. The molecule has 1 atom stereocenters. The lowest BCUT2D eigenvalue weighted by atomic mass is 10.1. The van der Waals surface area contributed by atoms with Gasteiger partial charge in [-0.2, -0.15) is 0 Å². The number of ether oxygens (including phenoxy) is 2. The van der Waals surface area contributed by atoms with Crippen LogP contribution in [0.5, 0.6) is 11.5 Å². The Bertz CT molecular complexity index is 1410. The Hall–Kier alpha value is -3.91. The molecular weight excluding hydrogens is 430 g/mol. The maximum absolute atomic E-state index is 11.4. The van der Waals surface area contributed by atoms with Crippen molar-refractivity contribution in [3.63, 3.8) is 0 Å². The molecule has 1 saturated heterocycles. The van der Waals surface area contributed by atoms with E-state index in [4.69, 9.17) is 20.2 Å². The quantitative estimate of drug-likeness (QED) is 0.507. The number of hydrogen-bond donors (Lipinski definition) is 1. The number of nitrogens with two attached hydrogens (primary N) is 1. The van der Waals surface area contributed by atoms with Crippen LogP contribution < -0.4 is 20.1 Å². The summed E-state index contributed by atoms with van der Waals surface area (Å²) in [7, 11) is 0. The molecule has 172 valence electrons. The number of piperazine rings is 1. The second-order valence-electron chi connectivity index (χ2n) is 8.76. The van der Waals surface area contributed by atoms with E-state index in [0.29, 0.717) is 12.2 Å². The number of aryl methyl sites for hydroxylation is 1. The summed E-state index contributed by atoms with van der Waals surface area (Å²) in [5.74, 6) is 2.04. The number of anilines is 1. The van der Waals surface area contributed by atoms with E-state index >= 15 is 0 Å². The van der Waals surface area contributed by atoms with E-state index in [2.05, 4.69) is 20.9 Å². The van der Waals surface area contributed by atoms with Crippen molar-refractivity contribution in [2.45, 2.75) is 13.2 Å². The molecule has 8 heteroatoms. The van der Waals surface area contributed by atoms with E-state index < -0.39 is 5.91 Å². The molecule has 34 heavy (non-hydrogen) atoms. The van der Waals surface area contributed by atoms with Crippen molar-refractivity contribution in [3.8, 4) is 11.5 Å². The number of pyridine rings is 2. The van der Waals surface area contributed by atoms with Gasteiger partial charge >= 0.3 is 0 Å². The van der Waals surface area contributed by atoms with Crippen LogP contribution in [-0.2, 0) is 0 Å². The molecule has 0 saturated carbocycles. The maximum atomic E-state index is 11.4. The fourth-order valence-electron chi connectivity index (χ4n) is 4.69. The highest BCUT2D eigenvalue weighted by molar-refractivity contribution is 5.97. The van der Waals surface area contributed by atoms with Gasteiger partial charge in [0.1, 0.15) is 12.4 Å². The van der Waals surface area contributed by atoms with Crippen LogP contribution in [-0.4, -0.2) is 59.8 Å². The molecule has 6 rings (SSSR count). The molecule has 1 fully saturated rings. The maximum Gasteiger partial charge on any atom is 0.248 e. The molecule has 4 heterocycles. The van der Waals surface area contributed by atoms with E-state index in [1.54, 1.807) is 12.1 Å². The summed E-state index contributed by atoms with van der Waals surface area (Å²) in [4.78, 5) is 25.4. The van der Waals surface area contributed by atoms with Gasteiger partial charge in [-0.05, 0) is 61.5 Å². The SMILES string of the molecule is Cc1ccc2c3c(ccc2n1)OC[C@@H](N1CCN(c2ccc4cc(C(N)=O)ccc4n2)CC1)O3. The van der Waals surface area contributed by atoms with Crippen LogP contribution in [0.4, 0.5) is 5.82 Å². The minimum Gasteiger partial charge on any atom is -0.484 e. The molecule has 0 radical (unpaired) electrons. The first-order valence-corrected chi connectivity index (χ1v) is 11.4. The van der Waals surface area contributed by atoms with Gasteiger partial charge in [0.05, 0.1) is 11.0 Å². The highest BCUT2D eigenvalue weighted by Crippen LogP contribution is 2.39. The lowest BCUT2D eigenvalue weighted by molar-refractivity contribution is -0.0301. The number of rotatable bonds is 3. The summed E-state index contributed by atoms with van der Waals surface area (Å²) in [6, 6.07) is 17.3.